The number of nitrogens with zero attached hydrogens (tertiary/aromatic N) is 1. The Morgan fingerprint density at radius 1 is 0.903 bits per heavy atom. The minimum atomic E-state index is -3.80. The Morgan fingerprint density at radius 3 is 2.19 bits per heavy atom. The molecule has 31 heavy (non-hydrogen) atoms. The number of anilines is 1. The van der Waals surface area contributed by atoms with Gasteiger partial charge in [-0.15, -0.1) is 0 Å². The summed E-state index contributed by atoms with van der Waals surface area (Å²) in [5.74, 6) is 0.0837. The van der Waals surface area contributed by atoms with Crippen LogP contribution in [0.25, 0.3) is 0 Å². The number of benzene rings is 3. The van der Waals surface area contributed by atoms with E-state index in [9.17, 15) is 13.2 Å². The van der Waals surface area contributed by atoms with Crippen LogP contribution in [0.15, 0.2) is 77.7 Å². The van der Waals surface area contributed by atoms with Crippen molar-refractivity contribution >= 4 is 21.6 Å². The average molecular weight is 435 g/mol. The Balaban J connectivity index is 1.67. The molecule has 3 aromatic rings. The van der Waals surface area contributed by atoms with Gasteiger partial charge in [0.15, 0.2) is 0 Å². The fourth-order valence-electron chi connectivity index (χ4n) is 3.96. The molecule has 1 aliphatic rings. The number of hydrogen-bond acceptors (Lipinski definition) is 3. The van der Waals surface area contributed by atoms with Gasteiger partial charge < -0.3 is 4.90 Å². The lowest BCUT2D eigenvalue weighted by atomic mass is 9.99. The van der Waals surface area contributed by atoms with Crippen molar-refractivity contribution in [2.45, 2.75) is 37.6 Å². The monoisotopic (exact) mass is 434 g/mol. The van der Waals surface area contributed by atoms with Crippen molar-refractivity contribution in [1.29, 1.82) is 0 Å². The van der Waals surface area contributed by atoms with Crippen LogP contribution >= 0.6 is 0 Å². The molecule has 0 saturated carbocycles. The Hall–Kier alpha value is -2.96. The number of rotatable bonds is 6. The molecule has 0 unspecified atom stereocenters. The molecule has 1 heterocycles. The van der Waals surface area contributed by atoms with Gasteiger partial charge in [-0.2, -0.15) is 4.72 Å². The first kappa shape index (κ1) is 21.3. The zero-order valence-corrected chi connectivity index (χ0v) is 18.5. The van der Waals surface area contributed by atoms with Crippen LogP contribution in [0.3, 0.4) is 0 Å². The summed E-state index contributed by atoms with van der Waals surface area (Å²) in [7, 11) is -3.80. The maximum atomic E-state index is 13.3. The maximum Gasteiger partial charge on any atom is 0.241 e. The first-order valence-electron chi connectivity index (χ1n) is 10.4. The van der Waals surface area contributed by atoms with Gasteiger partial charge in [0.25, 0.3) is 0 Å². The van der Waals surface area contributed by atoms with Crippen LogP contribution in [-0.2, 0) is 14.8 Å². The van der Waals surface area contributed by atoms with Gasteiger partial charge in [-0.05, 0) is 55.2 Å². The molecule has 6 heteroatoms. The van der Waals surface area contributed by atoms with Gasteiger partial charge in [0, 0.05) is 18.7 Å². The van der Waals surface area contributed by atoms with Gasteiger partial charge in [-0.3, -0.25) is 4.79 Å². The Kier molecular flexibility index (Phi) is 5.94. The highest BCUT2D eigenvalue weighted by molar-refractivity contribution is 7.89. The number of hydrogen-bond donors (Lipinski definition) is 1. The molecule has 0 spiro atoms. The zero-order chi connectivity index (χ0) is 22.0. The molecule has 1 aliphatic heterocycles. The van der Waals surface area contributed by atoms with Crippen LogP contribution in [0.4, 0.5) is 5.69 Å². The molecule has 1 N–H and O–H groups in total. The number of carbonyl (C=O) groups is 1. The quantitative estimate of drug-likeness (QED) is 0.621. The van der Waals surface area contributed by atoms with Crippen molar-refractivity contribution < 1.29 is 13.2 Å². The summed E-state index contributed by atoms with van der Waals surface area (Å²) in [5, 5.41) is 0. The lowest BCUT2D eigenvalue weighted by molar-refractivity contribution is -0.117. The summed E-state index contributed by atoms with van der Waals surface area (Å²) in [6.07, 6.45) is 1.37. The van der Waals surface area contributed by atoms with E-state index in [-0.39, 0.29) is 10.8 Å². The molecular formula is C25H26N2O3S. The van der Waals surface area contributed by atoms with E-state index >= 15 is 0 Å². The smallest absolute Gasteiger partial charge is 0.241 e. The Morgan fingerprint density at radius 2 is 1.58 bits per heavy atom. The van der Waals surface area contributed by atoms with Crippen molar-refractivity contribution in [2.24, 2.45) is 0 Å². The molecular weight excluding hydrogens is 408 g/mol. The Bertz CT molecular complexity index is 1190. The molecule has 5 nitrogen and oxygen atoms in total. The van der Waals surface area contributed by atoms with Crippen molar-refractivity contribution in [3.63, 3.8) is 0 Å². The summed E-state index contributed by atoms with van der Waals surface area (Å²) in [5.41, 5.74) is 4.40. The molecule has 160 valence electrons. The summed E-state index contributed by atoms with van der Waals surface area (Å²) in [6.45, 7) is 4.52. The molecule has 1 amide bonds. The van der Waals surface area contributed by atoms with Gasteiger partial charge in [0.1, 0.15) is 0 Å². The number of nitrogens with one attached hydrogen (secondary N) is 1. The first-order valence-corrected chi connectivity index (χ1v) is 11.9. The van der Waals surface area contributed by atoms with Gasteiger partial charge in [-0.25, -0.2) is 8.42 Å². The lowest BCUT2D eigenvalue weighted by Gasteiger charge is -2.22. The van der Waals surface area contributed by atoms with Gasteiger partial charge in [0.05, 0.1) is 10.9 Å². The van der Waals surface area contributed by atoms with Crippen molar-refractivity contribution in [3.8, 4) is 0 Å². The second-order valence-electron chi connectivity index (χ2n) is 7.97. The van der Waals surface area contributed by atoms with Crippen LogP contribution in [0.2, 0.25) is 0 Å². The predicted octanol–water partition coefficient (Wildman–Crippen LogP) is 4.50. The average Bonchev–Trinajstić information content (AvgIpc) is 3.19. The second-order valence-corrected chi connectivity index (χ2v) is 9.69. The van der Waals surface area contributed by atoms with E-state index in [2.05, 4.69) is 4.72 Å². The van der Waals surface area contributed by atoms with Crippen molar-refractivity contribution in [1.82, 2.24) is 4.72 Å². The maximum absolute atomic E-state index is 13.3. The highest BCUT2D eigenvalue weighted by atomic mass is 32.2. The van der Waals surface area contributed by atoms with Gasteiger partial charge in [0.2, 0.25) is 15.9 Å². The lowest BCUT2D eigenvalue weighted by Crippen LogP contribution is -2.30. The molecule has 1 atom stereocenters. The van der Waals surface area contributed by atoms with E-state index in [1.807, 2.05) is 68.4 Å². The molecule has 1 saturated heterocycles. The molecule has 0 radical (unpaired) electrons. The van der Waals surface area contributed by atoms with E-state index in [4.69, 9.17) is 0 Å². The van der Waals surface area contributed by atoms with E-state index in [0.717, 1.165) is 34.4 Å². The fraction of sp³-hybridized carbons (Fsp3) is 0.240. The van der Waals surface area contributed by atoms with E-state index in [1.165, 1.54) is 0 Å². The summed E-state index contributed by atoms with van der Waals surface area (Å²) in [6, 6.07) is 21.8. The number of aryl methyl sites for hydroxylation is 2. The minimum Gasteiger partial charge on any atom is -0.312 e. The normalized spacial score (nSPS) is 15.3. The fourth-order valence-corrected chi connectivity index (χ4v) is 5.25. The third-order valence-corrected chi connectivity index (χ3v) is 7.08. The predicted molar refractivity (Wildman–Crippen MR) is 123 cm³/mol. The molecule has 1 fully saturated rings. The topological polar surface area (TPSA) is 66.5 Å². The summed E-state index contributed by atoms with van der Waals surface area (Å²) < 4.78 is 29.5. The highest BCUT2D eigenvalue weighted by Gasteiger charge is 2.26. The minimum absolute atomic E-state index is 0.0837. The van der Waals surface area contributed by atoms with Crippen LogP contribution in [0, 0.1) is 13.8 Å². The number of amides is 1. The SMILES string of the molecule is Cc1ccc([C@@H](NS(=O)(=O)c2ccc(N3CCCC3=O)c(C)c2)c2ccccc2)cc1. The first-order chi connectivity index (χ1) is 14.8. The largest absolute Gasteiger partial charge is 0.312 e. The standard InChI is InChI=1S/C25H26N2O3S/c1-18-10-12-21(13-11-18)25(20-7-4-3-5-8-20)26-31(29,30)22-14-15-23(19(2)17-22)27-16-6-9-24(27)28/h3-5,7-8,10-15,17,25-26H,6,9,16H2,1-2H3/t25-/m0/s1. The zero-order valence-electron chi connectivity index (χ0n) is 17.7. The molecule has 3 aromatic carbocycles. The van der Waals surface area contributed by atoms with E-state index < -0.39 is 16.1 Å². The van der Waals surface area contributed by atoms with Crippen LogP contribution in [0.5, 0.6) is 0 Å². The number of carbonyl (C=O) groups excluding carboxylic acids is 1. The second kappa shape index (κ2) is 8.65. The number of sulfonamides is 1. The third-order valence-electron chi connectivity index (χ3n) is 5.66. The molecule has 0 aliphatic carbocycles. The third kappa shape index (κ3) is 4.55. The summed E-state index contributed by atoms with van der Waals surface area (Å²) >= 11 is 0. The van der Waals surface area contributed by atoms with Crippen LogP contribution < -0.4 is 9.62 Å². The molecule has 4 rings (SSSR count). The van der Waals surface area contributed by atoms with E-state index in [0.29, 0.717) is 13.0 Å². The molecule has 0 aromatic heterocycles. The molecule has 0 bridgehead atoms. The van der Waals surface area contributed by atoms with Crippen molar-refractivity contribution in [2.75, 3.05) is 11.4 Å². The van der Waals surface area contributed by atoms with Crippen LogP contribution in [0.1, 0.15) is 41.1 Å². The van der Waals surface area contributed by atoms with Crippen molar-refractivity contribution in [3.05, 3.63) is 95.1 Å². The van der Waals surface area contributed by atoms with Gasteiger partial charge >= 0.3 is 0 Å². The van der Waals surface area contributed by atoms with Crippen LogP contribution in [-0.4, -0.2) is 20.9 Å². The summed E-state index contributed by atoms with van der Waals surface area (Å²) in [4.78, 5) is 14.0. The van der Waals surface area contributed by atoms with E-state index in [1.54, 1.807) is 23.1 Å². The van der Waals surface area contributed by atoms with Gasteiger partial charge in [-0.1, -0.05) is 60.2 Å². The highest BCUT2D eigenvalue weighted by Crippen LogP contribution is 2.29. The Labute approximate surface area is 183 Å².